The summed E-state index contributed by atoms with van der Waals surface area (Å²) in [5.74, 6) is 0.509. The molecule has 0 unspecified atom stereocenters. The zero-order chi connectivity index (χ0) is 26.9. The van der Waals surface area contributed by atoms with Gasteiger partial charge in [0.1, 0.15) is 6.54 Å². The maximum absolute atomic E-state index is 13.4. The van der Waals surface area contributed by atoms with Crippen LogP contribution in [0.1, 0.15) is 60.0 Å². The number of nitrogens with zero attached hydrogens (tertiary/aromatic N) is 4. The fraction of sp³-hybridized carbons (Fsp3) is 0.452. The van der Waals surface area contributed by atoms with Crippen LogP contribution in [0.5, 0.6) is 0 Å². The zero-order valence-corrected chi connectivity index (χ0v) is 23.6. The molecule has 1 aliphatic heterocycles. The van der Waals surface area contributed by atoms with Crippen LogP contribution >= 0.6 is 11.3 Å². The van der Waals surface area contributed by atoms with E-state index in [1.807, 2.05) is 18.7 Å². The first kappa shape index (κ1) is 26.2. The first-order chi connectivity index (χ1) is 19.0. The van der Waals surface area contributed by atoms with Crippen LogP contribution in [0.2, 0.25) is 0 Å². The highest BCUT2D eigenvalue weighted by atomic mass is 32.1. The predicted molar refractivity (Wildman–Crippen MR) is 155 cm³/mol. The van der Waals surface area contributed by atoms with Crippen LogP contribution in [0.25, 0.3) is 32.7 Å². The van der Waals surface area contributed by atoms with Crippen molar-refractivity contribution in [1.29, 1.82) is 0 Å². The molecule has 0 bridgehead atoms. The average Bonchev–Trinajstić information content (AvgIpc) is 3.51. The largest absolute Gasteiger partial charge is 0.390 e. The number of morpholine rings is 1. The molecular formula is C31H36N4O3S. The summed E-state index contributed by atoms with van der Waals surface area (Å²) in [6, 6.07) is 12.8. The van der Waals surface area contributed by atoms with Gasteiger partial charge in [-0.2, -0.15) is 0 Å². The molecule has 4 aromatic rings. The molecule has 1 saturated carbocycles. The normalized spacial score (nSPS) is 16.7. The first-order valence-electron chi connectivity index (χ1n) is 14.1. The van der Waals surface area contributed by atoms with E-state index in [0.29, 0.717) is 32.2 Å². The molecule has 1 aromatic carbocycles. The lowest BCUT2D eigenvalue weighted by molar-refractivity contribution is -0.135. The summed E-state index contributed by atoms with van der Waals surface area (Å²) in [4.78, 5) is 25.9. The number of aliphatic hydroxyl groups is 1. The maximum Gasteiger partial charge on any atom is 0.242 e. The van der Waals surface area contributed by atoms with Crippen LogP contribution in [0.3, 0.4) is 0 Å². The molecule has 0 spiro atoms. The second-order valence-corrected chi connectivity index (χ2v) is 12.0. The highest BCUT2D eigenvalue weighted by molar-refractivity contribution is 7.15. The first-order valence-corrected chi connectivity index (χ1v) is 14.9. The summed E-state index contributed by atoms with van der Waals surface area (Å²) < 4.78 is 7.52. The highest BCUT2D eigenvalue weighted by Gasteiger charge is 2.27. The molecule has 0 atom stereocenters. The third-order valence-electron chi connectivity index (χ3n) is 8.18. The van der Waals surface area contributed by atoms with Crippen LogP contribution in [-0.2, 0) is 22.7 Å². The molecule has 0 radical (unpaired) electrons. The van der Waals surface area contributed by atoms with Gasteiger partial charge in [-0.3, -0.25) is 4.79 Å². The number of aliphatic hydroxyl groups excluding tert-OH is 1. The molecule has 4 heterocycles. The van der Waals surface area contributed by atoms with Crippen molar-refractivity contribution < 1.29 is 14.6 Å². The molecular weight excluding hydrogens is 508 g/mol. The highest BCUT2D eigenvalue weighted by Crippen LogP contribution is 2.41. The molecule has 3 aromatic heterocycles. The van der Waals surface area contributed by atoms with Gasteiger partial charge in [0.2, 0.25) is 5.91 Å². The van der Waals surface area contributed by atoms with E-state index in [1.54, 1.807) is 11.3 Å². The van der Waals surface area contributed by atoms with Crippen LogP contribution in [0.15, 0.2) is 36.4 Å². The van der Waals surface area contributed by atoms with E-state index in [2.05, 4.69) is 45.9 Å². The monoisotopic (exact) mass is 544 g/mol. The second-order valence-electron chi connectivity index (χ2n) is 10.8. The van der Waals surface area contributed by atoms with Gasteiger partial charge in [-0.25, -0.2) is 9.97 Å². The van der Waals surface area contributed by atoms with E-state index < -0.39 is 0 Å². The van der Waals surface area contributed by atoms with Crippen LogP contribution in [0, 0.1) is 13.8 Å². The number of thiazole rings is 1. The van der Waals surface area contributed by atoms with Gasteiger partial charge < -0.3 is 19.3 Å². The van der Waals surface area contributed by atoms with Gasteiger partial charge in [-0.15, -0.1) is 11.3 Å². The number of carbonyl (C=O) groups excluding carboxylic acids is 1. The van der Waals surface area contributed by atoms with Crippen molar-refractivity contribution >= 4 is 28.1 Å². The fourth-order valence-electron chi connectivity index (χ4n) is 6.20. The van der Waals surface area contributed by atoms with Crippen molar-refractivity contribution in [1.82, 2.24) is 19.4 Å². The van der Waals surface area contributed by atoms with Gasteiger partial charge in [0, 0.05) is 24.2 Å². The van der Waals surface area contributed by atoms with Crippen molar-refractivity contribution in [2.75, 3.05) is 26.3 Å². The molecule has 39 heavy (non-hydrogen) atoms. The number of fused-ring (bicyclic) bond motifs is 1. The number of pyridine rings is 1. The fourth-order valence-corrected chi connectivity index (χ4v) is 7.09. The molecule has 1 amide bonds. The second kappa shape index (κ2) is 11.2. The summed E-state index contributed by atoms with van der Waals surface area (Å²) in [5, 5.41) is 12.5. The Morgan fingerprint density at radius 1 is 1.05 bits per heavy atom. The Balaban J connectivity index is 1.42. The lowest BCUT2D eigenvalue weighted by Gasteiger charge is -2.28. The number of hydrogen-bond acceptors (Lipinski definition) is 6. The molecule has 2 fully saturated rings. The number of aryl methyl sites for hydroxylation is 2. The summed E-state index contributed by atoms with van der Waals surface area (Å²) >= 11 is 1.67. The number of carbonyl (C=O) groups is 1. The smallest absolute Gasteiger partial charge is 0.242 e. The summed E-state index contributed by atoms with van der Waals surface area (Å²) in [6.07, 6.45) is 6.00. The topological polar surface area (TPSA) is 80.5 Å². The van der Waals surface area contributed by atoms with Crippen molar-refractivity contribution in [2.45, 2.75) is 65.0 Å². The van der Waals surface area contributed by atoms with E-state index in [9.17, 15) is 9.90 Å². The van der Waals surface area contributed by atoms with E-state index >= 15 is 0 Å². The van der Waals surface area contributed by atoms with Crippen LogP contribution in [-0.4, -0.2) is 56.8 Å². The van der Waals surface area contributed by atoms with Gasteiger partial charge in [-0.05, 0) is 68.0 Å². The molecule has 1 saturated heterocycles. The number of hydrogen-bond donors (Lipinski definition) is 1. The van der Waals surface area contributed by atoms with Crippen molar-refractivity contribution in [3.05, 3.63) is 58.4 Å². The number of aromatic nitrogens is 3. The molecule has 1 aliphatic carbocycles. The molecule has 204 valence electrons. The van der Waals surface area contributed by atoms with Gasteiger partial charge >= 0.3 is 0 Å². The minimum atomic E-state index is -0.0950. The minimum Gasteiger partial charge on any atom is -0.390 e. The lowest BCUT2D eigenvalue weighted by atomic mass is 9.83. The molecule has 8 heteroatoms. The Hall–Kier alpha value is -3.07. The summed E-state index contributed by atoms with van der Waals surface area (Å²) in [5.41, 5.74) is 7.08. The Morgan fingerprint density at radius 2 is 1.85 bits per heavy atom. The Labute approximate surface area is 233 Å². The van der Waals surface area contributed by atoms with Gasteiger partial charge in [0.05, 0.1) is 52.3 Å². The van der Waals surface area contributed by atoms with Gasteiger partial charge in [0.15, 0.2) is 0 Å². The standard InChI is InChI=1S/C31H36N4O3S/c1-20-31(39-21(2)32-20)28-11-8-23-16-24(9-10-27(23)33-28)30-26(22-6-4-3-5-7-22)17-25(19-36)35(30)18-29(37)34-12-14-38-15-13-34/h8-11,16-17,22,36H,3-7,12-15,18-19H2,1-2H3. The molecule has 1 N–H and O–H groups in total. The van der Waals surface area contributed by atoms with E-state index in [-0.39, 0.29) is 19.1 Å². The van der Waals surface area contributed by atoms with Crippen LogP contribution in [0.4, 0.5) is 0 Å². The number of benzene rings is 1. The maximum atomic E-state index is 13.4. The average molecular weight is 545 g/mol. The molecule has 7 nitrogen and oxygen atoms in total. The summed E-state index contributed by atoms with van der Waals surface area (Å²) in [7, 11) is 0. The zero-order valence-electron chi connectivity index (χ0n) is 22.8. The van der Waals surface area contributed by atoms with Crippen LogP contribution < -0.4 is 0 Å². The SMILES string of the molecule is Cc1nc(C)c(-c2ccc3cc(-c4c(C5CCCCC5)cc(CO)n4CC(=O)N4CCOCC4)ccc3n2)s1. The Kier molecular flexibility index (Phi) is 7.51. The molecule has 6 rings (SSSR count). The van der Waals surface area contributed by atoms with Crippen molar-refractivity contribution in [2.24, 2.45) is 0 Å². The van der Waals surface area contributed by atoms with Crippen molar-refractivity contribution in [3.8, 4) is 21.8 Å². The third-order valence-corrected chi connectivity index (χ3v) is 9.27. The Bertz CT molecular complexity index is 1500. The third kappa shape index (κ3) is 5.25. The summed E-state index contributed by atoms with van der Waals surface area (Å²) in [6.45, 7) is 6.56. The predicted octanol–water partition coefficient (Wildman–Crippen LogP) is 5.84. The van der Waals surface area contributed by atoms with E-state index in [1.165, 1.54) is 24.8 Å². The number of rotatable bonds is 6. The van der Waals surface area contributed by atoms with Gasteiger partial charge in [-0.1, -0.05) is 31.4 Å². The number of amides is 1. The number of ether oxygens (including phenoxy) is 1. The van der Waals surface area contributed by atoms with Gasteiger partial charge in [0.25, 0.3) is 0 Å². The quantitative estimate of drug-likeness (QED) is 0.330. The lowest BCUT2D eigenvalue weighted by Crippen LogP contribution is -2.42. The van der Waals surface area contributed by atoms with E-state index in [0.717, 1.165) is 62.0 Å². The minimum absolute atomic E-state index is 0.0716. The molecule has 2 aliphatic rings. The van der Waals surface area contributed by atoms with E-state index in [4.69, 9.17) is 9.72 Å². The van der Waals surface area contributed by atoms with Crippen molar-refractivity contribution in [3.63, 3.8) is 0 Å². The Morgan fingerprint density at radius 3 is 2.56 bits per heavy atom.